The van der Waals surface area contributed by atoms with Crippen LogP contribution in [0.3, 0.4) is 0 Å². The standard InChI is InChI=1S/C19H10BrF3N2S/c20-13-6-8-14(9-7-13)26-18-15(11-24)16(19(21,22)23)10-17(25-18)12-4-2-1-3-5-12/h1-10H. The van der Waals surface area contributed by atoms with E-state index in [0.29, 0.717) is 10.5 Å². The second kappa shape index (κ2) is 7.52. The Kier molecular flexibility index (Phi) is 5.35. The average Bonchev–Trinajstić information content (AvgIpc) is 2.63. The van der Waals surface area contributed by atoms with E-state index in [9.17, 15) is 18.4 Å². The van der Waals surface area contributed by atoms with E-state index < -0.39 is 17.3 Å². The van der Waals surface area contributed by atoms with E-state index in [2.05, 4.69) is 20.9 Å². The molecule has 0 N–H and O–H groups in total. The van der Waals surface area contributed by atoms with Gasteiger partial charge in [-0.05, 0) is 30.3 Å². The summed E-state index contributed by atoms with van der Waals surface area (Å²) in [4.78, 5) is 5.02. The van der Waals surface area contributed by atoms with Crippen molar-refractivity contribution in [1.82, 2.24) is 4.98 Å². The number of pyridine rings is 1. The van der Waals surface area contributed by atoms with Crippen molar-refractivity contribution in [1.29, 1.82) is 5.26 Å². The molecule has 0 amide bonds. The number of aromatic nitrogens is 1. The molecule has 3 rings (SSSR count). The zero-order valence-corrected chi connectivity index (χ0v) is 15.5. The molecule has 0 aliphatic carbocycles. The highest BCUT2D eigenvalue weighted by Gasteiger charge is 2.36. The molecule has 0 aliphatic rings. The molecule has 1 aromatic heterocycles. The SMILES string of the molecule is N#Cc1c(C(F)(F)F)cc(-c2ccccc2)nc1Sc1ccc(Br)cc1. The smallest absolute Gasteiger partial charge is 0.240 e. The maximum Gasteiger partial charge on any atom is 0.417 e. The summed E-state index contributed by atoms with van der Waals surface area (Å²) in [6.07, 6.45) is -4.65. The van der Waals surface area contributed by atoms with Crippen LogP contribution in [0.4, 0.5) is 13.2 Å². The molecule has 0 atom stereocenters. The van der Waals surface area contributed by atoms with Crippen LogP contribution in [0.15, 0.2) is 75.1 Å². The predicted molar refractivity (Wildman–Crippen MR) is 97.7 cm³/mol. The first-order chi connectivity index (χ1) is 12.4. The number of hydrogen-bond donors (Lipinski definition) is 0. The fraction of sp³-hybridized carbons (Fsp3) is 0.0526. The molecular weight excluding hydrogens is 425 g/mol. The molecule has 0 aliphatic heterocycles. The summed E-state index contributed by atoms with van der Waals surface area (Å²) in [6, 6.07) is 18.2. The number of halogens is 4. The maximum atomic E-state index is 13.5. The lowest BCUT2D eigenvalue weighted by Gasteiger charge is -2.14. The first-order valence-corrected chi connectivity index (χ1v) is 9.00. The zero-order valence-electron chi connectivity index (χ0n) is 13.1. The molecular formula is C19H10BrF3N2S. The third-order valence-corrected chi connectivity index (χ3v) is 5.03. The highest BCUT2D eigenvalue weighted by atomic mass is 79.9. The zero-order chi connectivity index (χ0) is 18.7. The van der Waals surface area contributed by atoms with E-state index in [-0.39, 0.29) is 10.7 Å². The lowest BCUT2D eigenvalue weighted by atomic mass is 10.1. The molecule has 0 spiro atoms. The quantitative estimate of drug-likeness (QED) is 0.468. The summed E-state index contributed by atoms with van der Waals surface area (Å²) in [7, 11) is 0. The van der Waals surface area contributed by atoms with Gasteiger partial charge in [-0.1, -0.05) is 58.0 Å². The fourth-order valence-corrected chi connectivity index (χ4v) is 3.46. The van der Waals surface area contributed by atoms with E-state index in [1.54, 1.807) is 60.7 Å². The molecule has 26 heavy (non-hydrogen) atoms. The van der Waals surface area contributed by atoms with Gasteiger partial charge >= 0.3 is 6.18 Å². The Balaban J connectivity index is 2.17. The Morgan fingerprint density at radius 2 is 1.65 bits per heavy atom. The summed E-state index contributed by atoms with van der Waals surface area (Å²) in [6.45, 7) is 0. The van der Waals surface area contributed by atoms with Crippen LogP contribution in [-0.2, 0) is 6.18 Å². The highest BCUT2D eigenvalue weighted by Crippen LogP contribution is 2.39. The molecule has 0 bridgehead atoms. The Morgan fingerprint density at radius 1 is 1.00 bits per heavy atom. The summed E-state index contributed by atoms with van der Waals surface area (Å²) in [5.41, 5.74) is -0.713. The van der Waals surface area contributed by atoms with Crippen molar-refractivity contribution in [3.8, 4) is 17.3 Å². The first-order valence-electron chi connectivity index (χ1n) is 7.39. The lowest BCUT2D eigenvalue weighted by Crippen LogP contribution is -2.10. The molecule has 0 unspecified atom stereocenters. The molecule has 2 aromatic carbocycles. The van der Waals surface area contributed by atoms with Gasteiger partial charge < -0.3 is 0 Å². The lowest BCUT2D eigenvalue weighted by molar-refractivity contribution is -0.138. The number of nitriles is 1. The van der Waals surface area contributed by atoms with E-state index in [1.807, 2.05) is 0 Å². The Morgan fingerprint density at radius 3 is 2.23 bits per heavy atom. The van der Waals surface area contributed by atoms with Gasteiger partial charge in [-0.3, -0.25) is 0 Å². The normalized spacial score (nSPS) is 11.2. The van der Waals surface area contributed by atoms with Crippen molar-refractivity contribution in [2.24, 2.45) is 0 Å². The molecule has 2 nitrogen and oxygen atoms in total. The van der Waals surface area contributed by atoms with Crippen LogP contribution >= 0.6 is 27.7 Å². The molecule has 1 heterocycles. The molecule has 0 saturated carbocycles. The van der Waals surface area contributed by atoms with Gasteiger partial charge in [0, 0.05) is 14.9 Å². The van der Waals surface area contributed by atoms with Crippen LogP contribution in [0, 0.1) is 11.3 Å². The van der Waals surface area contributed by atoms with Crippen LogP contribution in [0.2, 0.25) is 0 Å². The minimum absolute atomic E-state index is 0.0310. The van der Waals surface area contributed by atoms with Crippen molar-refractivity contribution < 1.29 is 13.2 Å². The van der Waals surface area contributed by atoms with Gasteiger partial charge in [0.05, 0.1) is 16.8 Å². The van der Waals surface area contributed by atoms with Gasteiger partial charge in [-0.2, -0.15) is 18.4 Å². The summed E-state index contributed by atoms with van der Waals surface area (Å²) < 4.78 is 41.4. The van der Waals surface area contributed by atoms with Gasteiger partial charge in [-0.15, -0.1) is 0 Å². The second-order valence-corrected chi connectivity index (χ2v) is 7.24. The van der Waals surface area contributed by atoms with Crippen LogP contribution in [0.25, 0.3) is 11.3 Å². The van der Waals surface area contributed by atoms with Crippen LogP contribution in [-0.4, -0.2) is 4.98 Å². The largest absolute Gasteiger partial charge is 0.417 e. The maximum absolute atomic E-state index is 13.5. The molecule has 130 valence electrons. The third kappa shape index (κ3) is 4.09. The Hall–Kier alpha value is -2.30. The van der Waals surface area contributed by atoms with Gasteiger partial charge in [-0.25, -0.2) is 4.98 Å². The third-order valence-electron chi connectivity index (χ3n) is 3.50. The summed E-state index contributed by atoms with van der Waals surface area (Å²) >= 11 is 4.35. The van der Waals surface area contributed by atoms with Crippen molar-refractivity contribution in [3.05, 3.63) is 76.3 Å². The minimum atomic E-state index is -4.65. The highest BCUT2D eigenvalue weighted by molar-refractivity contribution is 9.10. The molecule has 7 heteroatoms. The second-order valence-electron chi connectivity index (χ2n) is 5.27. The first kappa shape index (κ1) is 18.5. The van der Waals surface area contributed by atoms with Crippen LogP contribution in [0.5, 0.6) is 0 Å². The molecule has 0 radical (unpaired) electrons. The van der Waals surface area contributed by atoms with Crippen molar-refractivity contribution >= 4 is 27.7 Å². The van der Waals surface area contributed by atoms with E-state index in [4.69, 9.17) is 0 Å². The van der Waals surface area contributed by atoms with E-state index >= 15 is 0 Å². The summed E-state index contributed by atoms with van der Waals surface area (Å²) in [5, 5.41) is 9.37. The van der Waals surface area contributed by atoms with Gasteiger partial charge in [0.25, 0.3) is 0 Å². The van der Waals surface area contributed by atoms with Crippen LogP contribution in [0.1, 0.15) is 11.1 Å². The Labute approximate surface area is 160 Å². The van der Waals surface area contributed by atoms with Crippen molar-refractivity contribution in [2.45, 2.75) is 16.1 Å². The van der Waals surface area contributed by atoms with Gasteiger partial charge in [0.15, 0.2) is 0 Å². The number of hydrogen-bond acceptors (Lipinski definition) is 3. The number of alkyl halides is 3. The number of nitrogens with zero attached hydrogens (tertiary/aromatic N) is 2. The number of rotatable bonds is 3. The predicted octanol–water partition coefficient (Wildman–Crippen LogP) is 6.55. The average molecular weight is 435 g/mol. The summed E-state index contributed by atoms with van der Waals surface area (Å²) in [5.74, 6) is 0. The van der Waals surface area contributed by atoms with E-state index in [1.165, 1.54) is 0 Å². The molecule has 0 fully saturated rings. The number of benzene rings is 2. The molecule has 0 saturated heterocycles. The van der Waals surface area contributed by atoms with E-state index in [0.717, 1.165) is 22.3 Å². The van der Waals surface area contributed by atoms with Gasteiger partial charge in [0.2, 0.25) is 0 Å². The van der Waals surface area contributed by atoms with Gasteiger partial charge in [0.1, 0.15) is 11.1 Å². The monoisotopic (exact) mass is 434 g/mol. The van der Waals surface area contributed by atoms with Crippen molar-refractivity contribution in [3.63, 3.8) is 0 Å². The van der Waals surface area contributed by atoms with Crippen molar-refractivity contribution in [2.75, 3.05) is 0 Å². The molecule has 3 aromatic rings. The minimum Gasteiger partial charge on any atom is -0.240 e. The fourth-order valence-electron chi connectivity index (χ4n) is 2.30. The Bertz CT molecular complexity index is 965. The van der Waals surface area contributed by atoms with Crippen LogP contribution < -0.4 is 0 Å². The topological polar surface area (TPSA) is 36.7 Å².